The number of ether oxygens (including phenoxy) is 5. The molecule has 6 rings (SSSR count). The first-order chi connectivity index (χ1) is 24.0. The number of methoxy groups -OCH3 is 2. The van der Waals surface area contributed by atoms with Gasteiger partial charge in [-0.2, -0.15) is 0 Å². The van der Waals surface area contributed by atoms with Gasteiger partial charge in [0.05, 0.1) is 33.0 Å². The summed E-state index contributed by atoms with van der Waals surface area (Å²) < 4.78 is 29.4. The second-order valence-electron chi connectivity index (χ2n) is 12.4. The van der Waals surface area contributed by atoms with Crippen molar-refractivity contribution in [2.75, 3.05) is 33.9 Å². The lowest BCUT2D eigenvalue weighted by Gasteiger charge is -2.39. The number of nitrogens with one attached hydrogen (secondary N) is 1. The van der Waals surface area contributed by atoms with Gasteiger partial charge in [-0.25, -0.2) is 4.79 Å². The van der Waals surface area contributed by atoms with Crippen LogP contribution >= 0.6 is 0 Å². The van der Waals surface area contributed by atoms with Crippen LogP contribution in [0.25, 0.3) is 11.1 Å². The largest absolute Gasteiger partial charge is 0.493 e. The Kier molecular flexibility index (Phi) is 11.3. The fourth-order valence-electron chi connectivity index (χ4n) is 6.47. The van der Waals surface area contributed by atoms with E-state index in [1.165, 1.54) is 17.2 Å². The number of aliphatic hydroxyl groups excluding tert-OH is 1. The second-order valence-corrected chi connectivity index (χ2v) is 12.4. The Balaban J connectivity index is 1.17. The molecular formula is C40H44N2O7. The van der Waals surface area contributed by atoms with E-state index in [2.05, 4.69) is 59.3 Å². The van der Waals surface area contributed by atoms with E-state index in [-0.39, 0.29) is 25.4 Å². The van der Waals surface area contributed by atoms with Gasteiger partial charge < -0.3 is 34.1 Å². The van der Waals surface area contributed by atoms with E-state index in [9.17, 15) is 9.90 Å². The van der Waals surface area contributed by atoms with Gasteiger partial charge in [-0.15, -0.1) is 0 Å². The second kappa shape index (κ2) is 16.2. The van der Waals surface area contributed by atoms with Crippen molar-refractivity contribution in [3.63, 3.8) is 0 Å². The van der Waals surface area contributed by atoms with Crippen LogP contribution in [0.3, 0.4) is 0 Å². The molecule has 0 aromatic heterocycles. The van der Waals surface area contributed by atoms with Crippen LogP contribution in [0.5, 0.6) is 11.5 Å². The van der Waals surface area contributed by atoms with E-state index in [0.717, 1.165) is 70.9 Å². The first-order valence-electron chi connectivity index (χ1n) is 16.6. The number of nitrogens with zero attached hydrogens (tertiary/aromatic N) is 1. The van der Waals surface area contributed by atoms with Crippen molar-refractivity contribution in [3.8, 4) is 22.6 Å². The molecule has 0 radical (unpaired) electrons. The summed E-state index contributed by atoms with van der Waals surface area (Å²) in [5.74, 6) is 1.50. The van der Waals surface area contributed by atoms with Gasteiger partial charge in [0.1, 0.15) is 6.61 Å². The molecule has 2 aliphatic rings. The average Bonchev–Trinajstić information content (AvgIpc) is 3.15. The van der Waals surface area contributed by atoms with Crippen molar-refractivity contribution < 1.29 is 33.6 Å². The SMILES string of the molecule is C=CCOC(=O)NCc1cccc(-c2ccc([C@H]3O[C@@H](CN4CCc5cc(OC)c(OC)cc5C4)C[C@@H](c4ccc(CO)cc4)O3)cc2)c1. The quantitative estimate of drug-likeness (QED) is 0.158. The smallest absolute Gasteiger partial charge is 0.407 e. The zero-order valence-electron chi connectivity index (χ0n) is 28.1. The fraction of sp³-hybridized carbons (Fsp3) is 0.325. The maximum atomic E-state index is 11.9. The van der Waals surface area contributed by atoms with Crippen molar-refractivity contribution in [2.45, 2.75) is 51.0 Å². The van der Waals surface area contributed by atoms with Crippen LogP contribution in [0.15, 0.2) is 97.6 Å². The molecule has 2 heterocycles. The van der Waals surface area contributed by atoms with Crippen molar-refractivity contribution >= 4 is 6.09 Å². The molecule has 9 heteroatoms. The van der Waals surface area contributed by atoms with Crippen molar-refractivity contribution in [2.24, 2.45) is 0 Å². The summed E-state index contributed by atoms with van der Waals surface area (Å²) in [5.41, 5.74) is 8.44. The van der Waals surface area contributed by atoms with Gasteiger partial charge in [-0.1, -0.05) is 79.4 Å². The van der Waals surface area contributed by atoms with E-state index in [1.807, 2.05) is 42.5 Å². The minimum Gasteiger partial charge on any atom is -0.493 e. The first kappa shape index (κ1) is 34.2. The number of alkyl carbamates (subject to hydrolysis) is 1. The van der Waals surface area contributed by atoms with Gasteiger partial charge >= 0.3 is 6.09 Å². The molecule has 256 valence electrons. The van der Waals surface area contributed by atoms with Crippen molar-refractivity contribution in [3.05, 3.63) is 131 Å². The van der Waals surface area contributed by atoms with E-state index in [4.69, 9.17) is 23.7 Å². The van der Waals surface area contributed by atoms with Gasteiger partial charge in [0.2, 0.25) is 0 Å². The molecule has 0 spiro atoms. The normalized spacial score (nSPS) is 19.0. The van der Waals surface area contributed by atoms with Crippen molar-refractivity contribution in [1.82, 2.24) is 10.2 Å². The third kappa shape index (κ3) is 8.50. The predicted molar refractivity (Wildman–Crippen MR) is 187 cm³/mol. The van der Waals surface area contributed by atoms with Crippen LogP contribution in [0.2, 0.25) is 0 Å². The van der Waals surface area contributed by atoms with E-state index >= 15 is 0 Å². The Labute approximate surface area is 288 Å². The Morgan fingerprint density at radius 1 is 0.918 bits per heavy atom. The maximum absolute atomic E-state index is 11.9. The Hall–Kier alpha value is -4.67. The Morgan fingerprint density at radius 2 is 1.65 bits per heavy atom. The number of benzene rings is 4. The van der Waals surface area contributed by atoms with Crippen LogP contribution in [0, 0.1) is 0 Å². The molecule has 2 N–H and O–H groups in total. The summed E-state index contributed by atoms with van der Waals surface area (Å²) in [5, 5.41) is 12.4. The van der Waals surface area contributed by atoms with Gasteiger partial charge in [0, 0.05) is 38.2 Å². The number of amides is 1. The van der Waals surface area contributed by atoms with Crippen LogP contribution in [-0.4, -0.2) is 56.1 Å². The average molecular weight is 665 g/mol. The highest BCUT2D eigenvalue weighted by molar-refractivity contribution is 5.68. The summed E-state index contributed by atoms with van der Waals surface area (Å²) in [6.45, 7) is 6.58. The topological polar surface area (TPSA) is 98.7 Å². The summed E-state index contributed by atoms with van der Waals surface area (Å²) in [6.07, 6.45) is 1.91. The maximum Gasteiger partial charge on any atom is 0.407 e. The molecule has 9 nitrogen and oxygen atoms in total. The lowest BCUT2D eigenvalue weighted by Crippen LogP contribution is -2.41. The van der Waals surface area contributed by atoms with Crippen LogP contribution in [0.1, 0.15) is 52.2 Å². The molecular weight excluding hydrogens is 620 g/mol. The molecule has 0 aliphatic carbocycles. The molecule has 1 saturated heterocycles. The first-order valence-corrected chi connectivity index (χ1v) is 16.6. The standard InChI is InChI=1S/C40H44N2O7/c1-4-18-47-40(44)41-23-28-6-5-7-32(19-28)29-12-14-31(15-13-29)39-48-35(22-36(49-39)30-10-8-27(26-43)9-11-30)25-42-17-16-33-20-37(45-2)38(46-3)21-34(33)24-42/h4-15,19-21,35-36,39,43H,1,16-18,22-26H2,2-3H3,(H,41,44)/t35-,36+,39+/m1/s1. The molecule has 4 aromatic carbocycles. The lowest BCUT2D eigenvalue weighted by atomic mass is 9.96. The third-order valence-electron chi connectivity index (χ3n) is 9.09. The van der Waals surface area contributed by atoms with Gasteiger partial charge in [-0.3, -0.25) is 4.90 Å². The van der Waals surface area contributed by atoms with E-state index in [1.54, 1.807) is 14.2 Å². The number of carbonyl (C=O) groups is 1. The van der Waals surface area contributed by atoms with E-state index < -0.39 is 12.4 Å². The summed E-state index contributed by atoms with van der Waals surface area (Å²) in [4.78, 5) is 14.3. The number of fused-ring (bicyclic) bond motifs is 1. The predicted octanol–water partition coefficient (Wildman–Crippen LogP) is 6.88. The molecule has 3 atom stereocenters. The minimum absolute atomic E-state index is 0.00129. The third-order valence-corrected chi connectivity index (χ3v) is 9.09. The number of aliphatic hydroxyl groups is 1. The number of hydrogen-bond donors (Lipinski definition) is 2. The van der Waals surface area contributed by atoms with Gasteiger partial charge in [0.15, 0.2) is 17.8 Å². The van der Waals surface area contributed by atoms with Crippen LogP contribution in [-0.2, 0) is 40.3 Å². The molecule has 1 amide bonds. The number of carbonyl (C=O) groups excluding carboxylic acids is 1. The zero-order valence-corrected chi connectivity index (χ0v) is 28.1. The molecule has 0 saturated carbocycles. The summed E-state index contributed by atoms with van der Waals surface area (Å²) in [7, 11) is 3.34. The Morgan fingerprint density at radius 3 is 2.37 bits per heavy atom. The van der Waals surface area contributed by atoms with Gasteiger partial charge in [0.25, 0.3) is 0 Å². The van der Waals surface area contributed by atoms with Gasteiger partial charge in [-0.05, 0) is 63.6 Å². The fourth-order valence-corrected chi connectivity index (χ4v) is 6.47. The number of hydrogen-bond acceptors (Lipinski definition) is 8. The van der Waals surface area contributed by atoms with Crippen LogP contribution in [0.4, 0.5) is 4.79 Å². The zero-order chi connectivity index (χ0) is 34.2. The molecule has 0 unspecified atom stereocenters. The monoisotopic (exact) mass is 664 g/mol. The van der Waals surface area contributed by atoms with Crippen LogP contribution < -0.4 is 14.8 Å². The molecule has 0 bridgehead atoms. The van der Waals surface area contributed by atoms with E-state index in [0.29, 0.717) is 13.0 Å². The summed E-state index contributed by atoms with van der Waals surface area (Å²) in [6, 6.07) is 28.5. The molecule has 1 fully saturated rings. The number of rotatable bonds is 12. The molecule has 49 heavy (non-hydrogen) atoms. The highest BCUT2D eigenvalue weighted by Crippen LogP contribution is 2.40. The Bertz CT molecular complexity index is 1720. The van der Waals surface area contributed by atoms with Crippen molar-refractivity contribution in [1.29, 1.82) is 0 Å². The minimum atomic E-state index is -0.547. The molecule has 4 aromatic rings. The summed E-state index contributed by atoms with van der Waals surface area (Å²) >= 11 is 0. The highest BCUT2D eigenvalue weighted by atomic mass is 16.7. The highest BCUT2D eigenvalue weighted by Gasteiger charge is 2.34. The molecule has 2 aliphatic heterocycles. The lowest BCUT2D eigenvalue weighted by molar-refractivity contribution is -0.253.